The van der Waals surface area contributed by atoms with Gasteiger partial charge >= 0.3 is 6.03 Å². The lowest BCUT2D eigenvalue weighted by molar-refractivity contribution is 0.150. The minimum Gasteiger partial charge on any atom is -0.396 e. The number of nitrogens with zero attached hydrogens (tertiary/aromatic N) is 1. The summed E-state index contributed by atoms with van der Waals surface area (Å²) in [6.45, 7) is 5.78. The van der Waals surface area contributed by atoms with Gasteiger partial charge in [0.05, 0.1) is 0 Å². The fraction of sp³-hybridized carbons (Fsp3) is 0.941. The average molecular weight is 311 g/mol. The number of carbonyl (C=O) groups is 1. The monoisotopic (exact) mass is 311 g/mol. The van der Waals surface area contributed by atoms with Gasteiger partial charge in [-0.2, -0.15) is 0 Å². The Hall–Kier alpha value is -0.810. The van der Waals surface area contributed by atoms with Crippen molar-refractivity contribution >= 4 is 6.03 Å². The zero-order valence-electron chi connectivity index (χ0n) is 14.0. The van der Waals surface area contributed by atoms with Gasteiger partial charge in [0.2, 0.25) is 0 Å². The van der Waals surface area contributed by atoms with E-state index >= 15 is 0 Å². The first-order chi connectivity index (χ1) is 10.7. The third kappa shape index (κ3) is 5.43. The summed E-state index contributed by atoms with van der Waals surface area (Å²) in [6.07, 6.45) is 8.94. The summed E-state index contributed by atoms with van der Waals surface area (Å²) in [5.41, 5.74) is 0. The zero-order valence-corrected chi connectivity index (χ0v) is 14.0. The Morgan fingerprint density at radius 1 is 1.14 bits per heavy atom. The molecular weight excluding hydrogens is 278 g/mol. The maximum atomic E-state index is 12.2. The summed E-state index contributed by atoms with van der Waals surface area (Å²) in [6, 6.07) is 0.398. The first kappa shape index (κ1) is 17.5. The van der Waals surface area contributed by atoms with Crippen LogP contribution in [0.3, 0.4) is 0 Å². The molecule has 1 saturated heterocycles. The Morgan fingerprint density at radius 3 is 2.55 bits per heavy atom. The second-order valence-electron chi connectivity index (χ2n) is 6.92. The molecule has 128 valence electrons. The molecule has 1 aliphatic carbocycles. The molecule has 2 unspecified atom stereocenters. The van der Waals surface area contributed by atoms with E-state index in [0.717, 1.165) is 45.2 Å². The number of piperidine rings is 1. The van der Waals surface area contributed by atoms with Crippen LogP contribution in [0.4, 0.5) is 4.79 Å². The Kier molecular flexibility index (Phi) is 7.46. The number of hydrogen-bond donors (Lipinski definition) is 3. The van der Waals surface area contributed by atoms with Gasteiger partial charge in [-0.15, -0.1) is 0 Å². The summed E-state index contributed by atoms with van der Waals surface area (Å²) < 4.78 is 0. The number of amides is 2. The lowest BCUT2D eigenvalue weighted by atomic mass is 9.85. The van der Waals surface area contributed by atoms with E-state index in [-0.39, 0.29) is 24.6 Å². The van der Waals surface area contributed by atoms with Gasteiger partial charge in [0.15, 0.2) is 0 Å². The molecule has 2 aliphatic rings. The van der Waals surface area contributed by atoms with Crippen LogP contribution in [-0.2, 0) is 0 Å². The van der Waals surface area contributed by atoms with Crippen LogP contribution in [0.1, 0.15) is 58.3 Å². The predicted octanol–water partition coefficient (Wildman–Crippen LogP) is 2.10. The number of nitrogens with one attached hydrogen (secondary N) is 2. The molecule has 2 amide bonds. The van der Waals surface area contributed by atoms with Gasteiger partial charge in [-0.05, 0) is 38.6 Å². The molecule has 2 atom stereocenters. The minimum absolute atomic E-state index is 0.0441. The second kappa shape index (κ2) is 9.36. The highest BCUT2D eigenvalue weighted by Crippen LogP contribution is 2.23. The summed E-state index contributed by atoms with van der Waals surface area (Å²) in [5, 5.41) is 15.6. The van der Waals surface area contributed by atoms with Gasteiger partial charge in [-0.3, -0.25) is 0 Å². The van der Waals surface area contributed by atoms with E-state index < -0.39 is 0 Å². The van der Waals surface area contributed by atoms with Gasteiger partial charge in [-0.1, -0.05) is 26.2 Å². The van der Waals surface area contributed by atoms with Crippen molar-refractivity contribution in [2.75, 3.05) is 26.2 Å². The third-order valence-electron chi connectivity index (χ3n) is 5.21. The largest absolute Gasteiger partial charge is 0.396 e. The number of hydrogen-bond acceptors (Lipinski definition) is 3. The van der Waals surface area contributed by atoms with Gasteiger partial charge in [-0.25, -0.2) is 4.79 Å². The highest BCUT2D eigenvalue weighted by Gasteiger charge is 2.27. The predicted molar refractivity (Wildman–Crippen MR) is 88.9 cm³/mol. The minimum atomic E-state index is -0.0441. The lowest BCUT2D eigenvalue weighted by Crippen LogP contribution is -2.52. The third-order valence-corrected chi connectivity index (χ3v) is 5.21. The molecule has 2 fully saturated rings. The van der Waals surface area contributed by atoms with E-state index in [2.05, 4.69) is 22.5 Å². The number of unbranched alkanes of at least 4 members (excludes halogenated alkanes) is 1. The molecule has 5 heteroatoms. The van der Waals surface area contributed by atoms with Crippen LogP contribution < -0.4 is 10.6 Å². The summed E-state index contributed by atoms with van der Waals surface area (Å²) in [4.78, 5) is 14.7. The maximum Gasteiger partial charge on any atom is 0.315 e. The number of aliphatic hydroxyl groups is 1. The lowest BCUT2D eigenvalue weighted by Gasteiger charge is -2.34. The Labute approximate surface area is 134 Å². The van der Waals surface area contributed by atoms with E-state index in [1.54, 1.807) is 0 Å². The molecule has 3 N–H and O–H groups in total. The Morgan fingerprint density at radius 2 is 1.86 bits per heavy atom. The molecular formula is C17H33N3O2. The van der Waals surface area contributed by atoms with Gasteiger partial charge in [0.25, 0.3) is 0 Å². The molecule has 0 spiro atoms. The number of urea groups is 1. The maximum absolute atomic E-state index is 12.2. The van der Waals surface area contributed by atoms with E-state index in [1.165, 1.54) is 25.8 Å². The molecule has 0 aromatic rings. The van der Waals surface area contributed by atoms with Crippen LogP contribution >= 0.6 is 0 Å². The highest BCUT2D eigenvalue weighted by molar-refractivity contribution is 5.74. The highest BCUT2D eigenvalue weighted by atomic mass is 16.3. The van der Waals surface area contributed by atoms with Crippen molar-refractivity contribution in [3.63, 3.8) is 0 Å². The van der Waals surface area contributed by atoms with E-state index in [1.807, 2.05) is 0 Å². The molecule has 0 aromatic carbocycles. The van der Waals surface area contributed by atoms with Crippen LogP contribution in [0.5, 0.6) is 0 Å². The molecule has 1 saturated carbocycles. The molecule has 2 rings (SSSR count). The van der Waals surface area contributed by atoms with Crippen LogP contribution in [0.15, 0.2) is 0 Å². The number of aliphatic hydroxyl groups excluding tert-OH is 1. The molecule has 5 nitrogen and oxygen atoms in total. The van der Waals surface area contributed by atoms with Crippen LogP contribution in [0.2, 0.25) is 0 Å². The smallest absolute Gasteiger partial charge is 0.315 e. The van der Waals surface area contributed by atoms with Crippen LogP contribution in [0.25, 0.3) is 0 Å². The van der Waals surface area contributed by atoms with Crippen LogP contribution in [-0.4, -0.2) is 54.4 Å². The van der Waals surface area contributed by atoms with Crippen molar-refractivity contribution in [2.24, 2.45) is 5.92 Å². The number of likely N-dealkylation sites (tertiary alicyclic amines) is 1. The number of carbonyl (C=O) groups excluding carboxylic acids is 1. The van der Waals surface area contributed by atoms with Gasteiger partial charge in [0.1, 0.15) is 0 Å². The molecule has 0 aromatic heterocycles. The first-order valence-electron chi connectivity index (χ1n) is 9.13. The van der Waals surface area contributed by atoms with Crippen LogP contribution in [0, 0.1) is 5.92 Å². The van der Waals surface area contributed by atoms with Crippen molar-refractivity contribution in [2.45, 2.75) is 70.4 Å². The van der Waals surface area contributed by atoms with E-state index in [0.29, 0.717) is 6.04 Å². The first-order valence-corrected chi connectivity index (χ1v) is 9.13. The van der Waals surface area contributed by atoms with Crippen molar-refractivity contribution in [3.05, 3.63) is 0 Å². The molecule has 22 heavy (non-hydrogen) atoms. The zero-order chi connectivity index (χ0) is 15.8. The second-order valence-corrected chi connectivity index (χ2v) is 6.92. The van der Waals surface area contributed by atoms with Crippen molar-refractivity contribution in [1.82, 2.24) is 15.5 Å². The fourth-order valence-electron chi connectivity index (χ4n) is 3.69. The SMILES string of the molecule is CCCCN1CCC(NC(=O)NC2CCCCC2CO)CC1. The van der Waals surface area contributed by atoms with Gasteiger partial charge in [0, 0.05) is 37.7 Å². The Balaban J connectivity index is 1.67. The van der Waals surface area contributed by atoms with Crippen molar-refractivity contribution in [1.29, 1.82) is 0 Å². The quantitative estimate of drug-likeness (QED) is 0.704. The van der Waals surface area contributed by atoms with E-state index in [9.17, 15) is 9.90 Å². The standard InChI is InChI=1S/C17H33N3O2/c1-2-3-10-20-11-8-15(9-12-20)18-17(22)19-16-7-5-4-6-14(16)13-21/h14-16,21H,2-13H2,1H3,(H2,18,19,22). The Bertz CT molecular complexity index is 330. The summed E-state index contributed by atoms with van der Waals surface area (Å²) >= 11 is 0. The van der Waals surface area contributed by atoms with Crippen molar-refractivity contribution < 1.29 is 9.90 Å². The fourth-order valence-corrected chi connectivity index (χ4v) is 3.69. The average Bonchev–Trinajstić information content (AvgIpc) is 2.54. The summed E-state index contributed by atoms with van der Waals surface area (Å²) in [5.74, 6) is 0.232. The van der Waals surface area contributed by atoms with Crippen molar-refractivity contribution in [3.8, 4) is 0 Å². The number of rotatable bonds is 6. The summed E-state index contributed by atoms with van der Waals surface area (Å²) in [7, 11) is 0. The molecule has 0 bridgehead atoms. The van der Waals surface area contributed by atoms with E-state index in [4.69, 9.17) is 0 Å². The molecule has 0 radical (unpaired) electrons. The van der Waals surface area contributed by atoms with Gasteiger partial charge < -0.3 is 20.6 Å². The topological polar surface area (TPSA) is 64.6 Å². The molecule has 1 heterocycles. The normalized spacial score (nSPS) is 27.5. The molecule has 1 aliphatic heterocycles.